The van der Waals surface area contributed by atoms with Gasteiger partial charge in [0.05, 0.1) is 17.6 Å². The van der Waals surface area contributed by atoms with E-state index >= 15 is 0 Å². The fourth-order valence-electron chi connectivity index (χ4n) is 7.83. The van der Waals surface area contributed by atoms with Crippen molar-refractivity contribution in [2.24, 2.45) is 34.0 Å². The Morgan fingerprint density at radius 2 is 1.81 bits per heavy atom. The Hall–Kier alpha value is -1.16. The number of ketones is 1. The number of allylic oxidation sites excluding steroid dienone is 1. The summed E-state index contributed by atoms with van der Waals surface area (Å²) in [5.41, 5.74) is 0.400. The summed E-state index contributed by atoms with van der Waals surface area (Å²) in [4.78, 5) is 24.1. The van der Waals surface area contributed by atoms with Crippen LogP contribution in [-0.4, -0.2) is 29.1 Å². The zero-order valence-electron chi connectivity index (χ0n) is 20.3. The number of ether oxygens (including phenoxy) is 1. The molecule has 0 aromatic rings. The number of esters is 1. The number of hydrogen-bond donors (Lipinski definition) is 1. The van der Waals surface area contributed by atoms with Gasteiger partial charge >= 0.3 is 5.97 Å². The maximum absolute atomic E-state index is 12.0. The summed E-state index contributed by atoms with van der Waals surface area (Å²) in [5.74, 6) is 2.01. The van der Waals surface area contributed by atoms with Crippen LogP contribution in [0.5, 0.6) is 0 Å². The first-order valence-corrected chi connectivity index (χ1v) is 12.5. The molecule has 3 fully saturated rings. The zero-order valence-corrected chi connectivity index (χ0v) is 20.3. The molecule has 4 aliphatic rings. The highest BCUT2D eigenvalue weighted by Gasteiger charge is 2.63. The van der Waals surface area contributed by atoms with E-state index in [9.17, 15) is 14.7 Å². The van der Waals surface area contributed by atoms with Gasteiger partial charge in [-0.1, -0.05) is 19.4 Å². The predicted octanol–water partition coefficient (Wildman–Crippen LogP) is 5.62. The molecule has 174 valence electrons. The minimum atomic E-state index is -0.656. The second-order valence-electron chi connectivity index (χ2n) is 12.5. The average Bonchev–Trinajstić information content (AvgIpc) is 2.96. The number of hydrogen-bond acceptors (Lipinski definition) is 4. The number of fused-ring (bicyclic) bond motifs is 5. The van der Waals surface area contributed by atoms with Crippen LogP contribution in [0.15, 0.2) is 11.6 Å². The van der Waals surface area contributed by atoms with E-state index in [-0.39, 0.29) is 16.8 Å². The van der Waals surface area contributed by atoms with Gasteiger partial charge in [-0.3, -0.25) is 9.59 Å². The van der Waals surface area contributed by atoms with Gasteiger partial charge in [0.2, 0.25) is 0 Å². The van der Waals surface area contributed by atoms with Crippen molar-refractivity contribution in [2.75, 3.05) is 6.61 Å². The zero-order chi connectivity index (χ0) is 22.7. The van der Waals surface area contributed by atoms with Gasteiger partial charge in [-0.25, -0.2) is 0 Å². The molecule has 4 rings (SSSR count). The molecule has 4 heteroatoms. The summed E-state index contributed by atoms with van der Waals surface area (Å²) in [7, 11) is 0. The van der Waals surface area contributed by atoms with Crippen LogP contribution in [0.25, 0.3) is 0 Å². The van der Waals surface area contributed by atoms with Crippen LogP contribution in [0.1, 0.15) is 98.8 Å². The van der Waals surface area contributed by atoms with E-state index in [4.69, 9.17) is 4.74 Å². The van der Waals surface area contributed by atoms with Gasteiger partial charge in [0.1, 0.15) is 0 Å². The molecule has 6 atom stereocenters. The van der Waals surface area contributed by atoms with Gasteiger partial charge in [0, 0.05) is 6.42 Å². The molecule has 0 amide bonds. The molecule has 0 spiro atoms. The van der Waals surface area contributed by atoms with Gasteiger partial charge in [-0.2, -0.15) is 0 Å². The lowest BCUT2D eigenvalue weighted by molar-refractivity contribution is -0.155. The molecule has 0 heterocycles. The molecule has 4 nitrogen and oxygen atoms in total. The van der Waals surface area contributed by atoms with Crippen molar-refractivity contribution >= 4 is 11.8 Å². The summed E-state index contributed by atoms with van der Waals surface area (Å²) in [5, 5.41) is 11.8. The van der Waals surface area contributed by atoms with Gasteiger partial charge in [0.15, 0.2) is 5.78 Å². The fourth-order valence-corrected chi connectivity index (χ4v) is 7.83. The van der Waals surface area contributed by atoms with Crippen molar-refractivity contribution in [3.8, 4) is 0 Å². The van der Waals surface area contributed by atoms with Crippen molar-refractivity contribution in [1.29, 1.82) is 0 Å². The topological polar surface area (TPSA) is 63.6 Å². The smallest absolute Gasteiger partial charge is 0.311 e. The molecule has 0 aliphatic heterocycles. The van der Waals surface area contributed by atoms with Gasteiger partial charge in [-0.05, 0) is 113 Å². The van der Waals surface area contributed by atoms with Gasteiger partial charge in [-0.15, -0.1) is 0 Å². The molecule has 0 aromatic heterocycles. The van der Waals surface area contributed by atoms with Crippen LogP contribution >= 0.6 is 0 Å². The van der Waals surface area contributed by atoms with E-state index < -0.39 is 11.0 Å². The SMILES string of the molecule is CC(C)(C)C(=O)OCCC[C@]1(O)CC[C@H]2[C@@H]3CCC4=CC(=O)CC[C@]4(C)[C@H]3CC[C@@]21C. The van der Waals surface area contributed by atoms with Crippen molar-refractivity contribution in [3.05, 3.63) is 11.6 Å². The number of rotatable bonds is 4. The normalized spacial score (nSPS) is 42.3. The highest BCUT2D eigenvalue weighted by molar-refractivity contribution is 5.91. The summed E-state index contributed by atoms with van der Waals surface area (Å²) in [6, 6.07) is 0. The van der Waals surface area contributed by atoms with E-state index in [1.165, 1.54) is 12.0 Å². The summed E-state index contributed by atoms with van der Waals surface area (Å²) >= 11 is 0. The molecule has 1 N–H and O–H groups in total. The third-order valence-electron chi connectivity index (χ3n) is 9.86. The van der Waals surface area contributed by atoms with Crippen LogP contribution in [0.4, 0.5) is 0 Å². The first-order valence-electron chi connectivity index (χ1n) is 12.5. The molecule has 0 bridgehead atoms. The summed E-state index contributed by atoms with van der Waals surface area (Å²) < 4.78 is 5.46. The molecule has 0 aromatic carbocycles. The minimum Gasteiger partial charge on any atom is -0.465 e. The summed E-state index contributed by atoms with van der Waals surface area (Å²) in [6.45, 7) is 10.8. The van der Waals surface area contributed by atoms with Crippen LogP contribution in [0, 0.1) is 34.0 Å². The Labute approximate surface area is 188 Å². The molecule has 31 heavy (non-hydrogen) atoms. The third kappa shape index (κ3) is 3.71. The largest absolute Gasteiger partial charge is 0.465 e. The first kappa shape index (κ1) is 23.0. The van der Waals surface area contributed by atoms with Crippen LogP contribution < -0.4 is 0 Å². The van der Waals surface area contributed by atoms with Crippen LogP contribution in [0.2, 0.25) is 0 Å². The highest BCUT2D eigenvalue weighted by Crippen LogP contribution is 2.68. The van der Waals surface area contributed by atoms with Crippen molar-refractivity contribution in [3.63, 3.8) is 0 Å². The van der Waals surface area contributed by atoms with Crippen molar-refractivity contribution in [1.82, 2.24) is 0 Å². The molecule has 3 saturated carbocycles. The number of aliphatic hydroxyl groups is 1. The molecule has 0 radical (unpaired) electrons. The Morgan fingerprint density at radius 3 is 2.52 bits per heavy atom. The maximum atomic E-state index is 12.0. The maximum Gasteiger partial charge on any atom is 0.311 e. The lowest BCUT2D eigenvalue weighted by atomic mass is 9.46. The van der Waals surface area contributed by atoms with Gasteiger partial charge in [0.25, 0.3) is 0 Å². The lowest BCUT2D eigenvalue weighted by Crippen LogP contribution is -2.54. The van der Waals surface area contributed by atoms with Crippen LogP contribution in [0.3, 0.4) is 0 Å². The number of carbonyl (C=O) groups excluding carboxylic acids is 2. The standard InChI is InChI=1S/C27H42O4/c1-24(2,3)23(29)31-16-6-12-27(30)15-11-22-20-8-7-18-17-19(28)9-13-25(18,4)21(20)10-14-26(22,27)5/h17,20-22,30H,6-16H2,1-5H3/t20-,21+,22+,25+,26+,27+/m1/s1. The quantitative estimate of drug-likeness (QED) is 0.464. The molecule has 4 aliphatic carbocycles. The second kappa shape index (κ2) is 7.71. The van der Waals surface area contributed by atoms with E-state index in [0.717, 1.165) is 44.9 Å². The Bertz CT molecular complexity index is 777. The monoisotopic (exact) mass is 430 g/mol. The molecule has 0 saturated heterocycles. The molecular weight excluding hydrogens is 388 g/mol. The third-order valence-corrected chi connectivity index (χ3v) is 9.86. The lowest BCUT2D eigenvalue weighted by Gasteiger charge is -2.59. The predicted molar refractivity (Wildman–Crippen MR) is 121 cm³/mol. The summed E-state index contributed by atoms with van der Waals surface area (Å²) in [6.07, 6.45) is 11.5. The Balaban J connectivity index is 1.44. The van der Waals surface area contributed by atoms with Crippen LogP contribution in [-0.2, 0) is 14.3 Å². The highest BCUT2D eigenvalue weighted by atomic mass is 16.5. The fraction of sp³-hybridized carbons (Fsp3) is 0.852. The Morgan fingerprint density at radius 1 is 1.10 bits per heavy atom. The van der Waals surface area contributed by atoms with E-state index in [1.807, 2.05) is 26.8 Å². The van der Waals surface area contributed by atoms with E-state index in [2.05, 4.69) is 13.8 Å². The van der Waals surface area contributed by atoms with Crippen molar-refractivity contribution < 1.29 is 19.4 Å². The average molecular weight is 431 g/mol. The number of carbonyl (C=O) groups is 2. The Kier molecular flexibility index (Phi) is 5.72. The second-order valence-corrected chi connectivity index (χ2v) is 12.5. The molecular formula is C27H42O4. The van der Waals surface area contributed by atoms with E-state index in [1.54, 1.807) is 0 Å². The minimum absolute atomic E-state index is 0.0513. The van der Waals surface area contributed by atoms with E-state index in [0.29, 0.717) is 43.0 Å². The van der Waals surface area contributed by atoms with Crippen molar-refractivity contribution in [2.45, 2.75) is 104 Å². The molecule has 0 unspecified atom stereocenters. The first-order chi connectivity index (χ1) is 14.4. The van der Waals surface area contributed by atoms with Gasteiger partial charge < -0.3 is 9.84 Å².